The Morgan fingerprint density at radius 3 is 2.25 bits per heavy atom. The Labute approximate surface area is 23.8 Å². The summed E-state index contributed by atoms with van der Waals surface area (Å²) in [7, 11) is 0. The van der Waals surface area contributed by atoms with Crippen LogP contribution in [0.1, 0.15) is 0 Å². The number of aliphatic hydroxyl groups is 1. The number of hydroxylamine groups is 1. The minimum absolute atomic E-state index is 0.486. The topological polar surface area (TPSA) is 52.2 Å². The summed E-state index contributed by atoms with van der Waals surface area (Å²) in [6.45, 7) is -0.486. The fourth-order valence-corrected chi connectivity index (χ4v) is 0. The van der Waals surface area contributed by atoms with E-state index in [-0.39, 0.29) is 0 Å². The summed E-state index contributed by atoms with van der Waals surface area (Å²) in [5.74, 6) is 0. The maximum atomic E-state index is 8.80. The molecule has 0 unspecified atom stereocenters. The first-order valence-electron chi connectivity index (χ1n) is 0.874. The predicted octanol–water partition coefficient (Wildman–Crippen LogP) is -1.13. The lowest BCUT2D eigenvalue weighted by molar-refractivity contribution is 0.0159. The lowest BCUT2D eigenvalue weighted by Crippen LogP contribution is -2.03. The lowest BCUT2D eigenvalue weighted by Gasteiger charge is -1.71. The Bertz CT molecular complexity index is 8.00. The van der Waals surface area contributed by atoms with Gasteiger partial charge in [0.25, 0.3) is 0 Å². The molecule has 25 valence electrons. The lowest BCUT2D eigenvalue weighted by atomic mass is 11.4. The normalized spacial score (nSPS) is 7.50. The molecule has 1 radical (unpaired) electrons. The van der Waals surface area contributed by atoms with Gasteiger partial charge in [-0.15, -0.1) is 10.7 Å². The van der Waals surface area contributed by atoms with Crippen molar-refractivity contribution in [2.45, 2.75) is 0 Å². The van der Waals surface area contributed by atoms with Gasteiger partial charge in [-0.3, -0.25) is 0 Å². The van der Waals surface area contributed by atoms with Crippen molar-refractivity contribution in [2.75, 3.05) is 6.73 Å². The van der Waals surface area contributed by atoms with Crippen LogP contribution in [0.5, 0.6) is 0 Å². The molecule has 0 saturated carbocycles. The molecule has 0 aliphatic heterocycles. The van der Waals surface area contributed by atoms with Crippen LogP contribution >= 0.6 is 0 Å². The van der Waals surface area contributed by atoms with E-state index in [1.54, 1.807) is 0 Å². The summed E-state index contributed by atoms with van der Waals surface area (Å²) in [6, 6.07) is 0. The van der Waals surface area contributed by atoms with Gasteiger partial charge in [0.15, 0.2) is 0 Å². The Balaban J connectivity index is 1.97. The molecular formula is CH4NO2. The highest BCUT2D eigenvalue weighted by atomic mass is 16.5. The molecule has 0 aromatic heterocycles. The summed E-state index contributed by atoms with van der Waals surface area (Å²) in [4.78, 5) is 0. The molecule has 0 amide bonds. The van der Waals surface area contributed by atoms with Crippen LogP contribution in [0.25, 0.3) is 0 Å². The largest absolute Gasteiger partial charge is 0.379 e. The SMILES string of the molecule is [O]NCO. The summed E-state index contributed by atoms with van der Waals surface area (Å²) in [5, 5.41) is 16.2. The van der Waals surface area contributed by atoms with Crippen molar-refractivity contribution in [1.82, 2.24) is 5.48 Å². The fourth-order valence-electron chi connectivity index (χ4n) is 0. The Kier molecular flexibility index (Phi) is 2.79. The number of rotatable bonds is 1. The molecule has 0 spiro atoms. The molecule has 0 heterocycles. The predicted molar refractivity (Wildman–Crippen MR) is 10.9 cm³/mol. The molecule has 0 aliphatic rings. The second kappa shape index (κ2) is 2.88. The molecule has 2 N–H and O–H groups in total. The van der Waals surface area contributed by atoms with Crippen molar-refractivity contribution in [1.29, 1.82) is 0 Å². The van der Waals surface area contributed by atoms with Gasteiger partial charge in [-0.1, -0.05) is 0 Å². The number of nitrogens with one attached hydrogen (secondary N) is 1. The molecule has 0 rings (SSSR count). The summed E-state index contributed by atoms with van der Waals surface area (Å²) in [5.41, 5.74) is 1.24. The van der Waals surface area contributed by atoms with Gasteiger partial charge < -0.3 is 5.11 Å². The highest BCUT2D eigenvalue weighted by molar-refractivity contribution is 3.83. The smallest absolute Gasteiger partial charge is 0.119 e. The van der Waals surface area contributed by atoms with E-state index < -0.39 is 6.73 Å². The van der Waals surface area contributed by atoms with Crippen molar-refractivity contribution >= 4 is 0 Å². The van der Waals surface area contributed by atoms with Gasteiger partial charge in [-0.25, -0.2) is 0 Å². The fraction of sp³-hybridized carbons (Fsp3) is 1.00. The first kappa shape index (κ1) is 3.88. The third-order valence-electron chi connectivity index (χ3n) is 0.0645. The molecule has 0 fully saturated rings. The molecule has 3 nitrogen and oxygen atoms in total. The molecule has 0 aromatic carbocycles. The Morgan fingerprint density at radius 1 is 2.00 bits per heavy atom. The molecule has 4 heavy (non-hydrogen) atoms. The monoisotopic (exact) mass is 62.0 g/mol. The Hall–Kier alpha value is -0.120. The van der Waals surface area contributed by atoms with Gasteiger partial charge in [-0.2, -0.15) is 0 Å². The van der Waals surface area contributed by atoms with Crippen molar-refractivity contribution in [2.24, 2.45) is 0 Å². The van der Waals surface area contributed by atoms with Crippen LogP contribution in [-0.4, -0.2) is 11.8 Å². The zero-order valence-corrected chi connectivity index (χ0v) is 2.06. The molecular weight excluding hydrogens is 58.0 g/mol. The third kappa shape index (κ3) is 1.88. The van der Waals surface area contributed by atoms with E-state index >= 15 is 0 Å². The number of hydrogen-bond acceptors (Lipinski definition) is 2. The van der Waals surface area contributed by atoms with Crippen LogP contribution in [0.2, 0.25) is 0 Å². The summed E-state index contributed by atoms with van der Waals surface area (Å²) >= 11 is 0. The highest BCUT2D eigenvalue weighted by Gasteiger charge is 1.55. The minimum Gasteiger partial charge on any atom is -0.379 e. The van der Waals surface area contributed by atoms with Gasteiger partial charge in [0.2, 0.25) is 0 Å². The van der Waals surface area contributed by atoms with Gasteiger partial charge in [0, 0.05) is 0 Å². The average Bonchev–Trinajstić information content (AvgIpc) is 1.37. The molecule has 0 atom stereocenters. The van der Waals surface area contributed by atoms with Gasteiger partial charge in [0.1, 0.15) is 6.73 Å². The highest BCUT2D eigenvalue weighted by Crippen LogP contribution is 1.26. The Morgan fingerprint density at radius 2 is 2.25 bits per heavy atom. The molecule has 0 saturated heterocycles. The molecule has 0 aromatic rings. The second-order valence-corrected chi connectivity index (χ2v) is 0.302. The van der Waals surface area contributed by atoms with E-state index in [1.807, 2.05) is 0 Å². The minimum atomic E-state index is -0.486. The van der Waals surface area contributed by atoms with Crippen LogP contribution in [0.3, 0.4) is 0 Å². The van der Waals surface area contributed by atoms with Crippen LogP contribution in [-0.2, 0) is 5.21 Å². The van der Waals surface area contributed by atoms with Gasteiger partial charge >= 0.3 is 0 Å². The van der Waals surface area contributed by atoms with E-state index in [1.165, 1.54) is 5.48 Å². The van der Waals surface area contributed by atoms with Gasteiger partial charge in [0.05, 0.1) is 0 Å². The van der Waals surface area contributed by atoms with E-state index in [2.05, 4.69) is 0 Å². The van der Waals surface area contributed by atoms with E-state index in [0.29, 0.717) is 0 Å². The van der Waals surface area contributed by atoms with Crippen LogP contribution in [0.4, 0.5) is 0 Å². The standard InChI is InChI=1S/CH4NO2/c3-1-2-4/h2-3H,1H2. The van der Waals surface area contributed by atoms with Crippen LogP contribution in [0.15, 0.2) is 0 Å². The summed E-state index contributed by atoms with van der Waals surface area (Å²) < 4.78 is 0. The summed E-state index contributed by atoms with van der Waals surface area (Å²) in [6.07, 6.45) is 0. The van der Waals surface area contributed by atoms with Crippen LogP contribution in [0, 0.1) is 0 Å². The average molecular weight is 62.0 g/mol. The van der Waals surface area contributed by atoms with Crippen molar-refractivity contribution in [3.05, 3.63) is 0 Å². The first-order chi connectivity index (χ1) is 1.91. The van der Waals surface area contributed by atoms with Crippen molar-refractivity contribution in [3.8, 4) is 0 Å². The quantitative estimate of drug-likeness (QED) is 0.298. The first-order valence-corrected chi connectivity index (χ1v) is 0.874. The van der Waals surface area contributed by atoms with E-state index in [0.717, 1.165) is 0 Å². The number of hydrogen-bond donors (Lipinski definition) is 2. The second-order valence-electron chi connectivity index (χ2n) is 0.302. The van der Waals surface area contributed by atoms with Crippen LogP contribution < -0.4 is 5.48 Å². The third-order valence-corrected chi connectivity index (χ3v) is 0.0645. The maximum absolute atomic E-state index is 8.80. The molecule has 0 aliphatic carbocycles. The molecule has 3 heteroatoms. The maximum Gasteiger partial charge on any atom is 0.119 e. The van der Waals surface area contributed by atoms with Crippen molar-refractivity contribution < 1.29 is 10.3 Å². The number of aliphatic hydroxyl groups excluding tert-OH is 1. The van der Waals surface area contributed by atoms with Crippen molar-refractivity contribution in [3.63, 3.8) is 0 Å². The van der Waals surface area contributed by atoms with E-state index in [4.69, 9.17) is 10.3 Å². The van der Waals surface area contributed by atoms with Gasteiger partial charge in [-0.05, 0) is 0 Å². The van der Waals surface area contributed by atoms with E-state index in [9.17, 15) is 0 Å². The zero-order valence-electron chi connectivity index (χ0n) is 2.06. The molecule has 0 bridgehead atoms. The zero-order chi connectivity index (χ0) is 3.41.